The van der Waals surface area contributed by atoms with Crippen LogP contribution in [0.1, 0.15) is 20.8 Å². The van der Waals surface area contributed by atoms with Crippen LogP contribution in [0.25, 0.3) is 20.7 Å². The maximum absolute atomic E-state index is 6.31. The topological polar surface area (TPSA) is 37.8 Å². The van der Waals surface area contributed by atoms with E-state index in [9.17, 15) is 0 Å². The zero-order chi connectivity index (χ0) is 15.0. The van der Waals surface area contributed by atoms with Crippen LogP contribution in [0.15, 0.2) is 36.4 Å². The van der Waals surface area contributed by atoms with Crippen molar-refractivity contribution in [2.45, 2.75) is 26.3 Å². The molecule has 0 aliphatic carbocycles. The molecule has 0 fully saturated rings. The number of rotatable bonds is 2. The lowest BCUT2D eigenvalue weighted by atomic mass is 10.1. The van der Waals surface area contributed by atoms with Gasteiger partial charge in [0.05, 0.1) is 0 Å². The summed E-state index contributed by atoms with van der Waals surface area (Å²) in [5.74, 6) is 0.571. The van der Waals surface area contributed by atoms with Crippen molar-refractivity contribution in [3.63, 3.8) is 0 Å². The molecule has 3 nitrogen and oxygen atoms in total. The number of anilines is 1. The minimum atomic E-state index is -0.101. The van der Waals surface area contributed by atoms with E-state index >= 15 is 0 Å². The number of nitrogens with zero attached hydrogens (tertiary/aromatic N) is 2. The molecule has 0 amide bonds. The van der Waals surface area contributed by atoms with Crippen LogP contribution >= 0.6 is 22.9 Å². The van der Waals surface area contributed by atoms with Crippen molar-refractivity contribution >= 4 is 39.1 Å². The zero-order valence-electron chi connectivity index (χ0n) is 12.1. The fourth-order valence-corrected chi connectivity index (χ4v) is 3.34. The Hall–Kier alpha value is -1.65. The number of halogens is 1. The Kier molecular flexibility index (Phi) is 3.59. The third-order valence-corrected chi connectivity index (χ3v) is 4.26. The van der Waals surface area contributed by atoms with Crippen molar-refractivity contribution in [3.05, 3.63) is 41.6 Å². The second kappa shape index (κ2) is 5.28. The number of thiophene rings is 1. The molecule has 0 unspecified atom stereocenters. The van der Waals surface area contributed by atoms with Crippen LogP contribution in [0.2, 0.25) is 5.15 Å². The number of aromatic nitrogens is 2. The lowest BCUT2D eigenvalue weighted by molar-refractivity contribution is 0.627. The highest BCUT2D eigenvalue weighted by Gasteiger charge is 2.15. The number of fused-ring (bicyclic) bond motifs is 1. The van der Waals surface area contributed by atoms with Gasteiger partial charge in [0.25, 0.3) is 0 Å². The molecule has 0 spiro atoms. The summed E-state index contributed by atoms with van der Waals surface area (Å²) in [6.45, 7) is 6.20. The highest BCUT2D eigenvalue weighted by Crippen LogP contribution is 2.35. The van der Waals surface area contributed by atoms with Gasteiger partial charge in [0.1, 0.15) is 9.98 Å². The average Bonchev–Trinajstić information content (AvgIpc) is 2.82. The third-order valence-electron chi connectivity index (χ3n) is 2.89. The molecule has 21 heavy (non-hydrogen) atoms. The summed E-state index contributed by atoms with van der Waals surface area (Å²) in [4.78, 5) is 11.0. The van der Waals surface area contributed by atoms with Gasteiger partial charge in [0.2, 0.25) is 5.95 Å². The van der Waals surface area contributed by atoms with Gasteiger partial charge in [-0.2, -0.15) is 0 Å². The number of benzene rings is 1. The maximum Gasteiger partial charge on any atom is 0.225 e. The van der Waals surface area contributed by atoms with Crippen LogP contribution in [0.4, 0.5) is 5.95 Å². The molecule has 1 aromatic carbocycles. The molecule has 0 saturated heterocycles. The van der Waals surface area contributed by atoms with Crippen molar-refractivity contribution < 1.29 is 0 Å². The minimum Gasteiger partial charge on any atom is -0.350 e. The van der Waals surface area contributed by atoms with Gasteiger partial charge < -0.3 is 5.32 Å². The smallest absolute Gasteiger partial charge is 0.225 e. The fourth-order valence-electron chi connectivity index (χ4n) is 2.02. The Morgan fingerprint density at radius 3 is 2.48 bits per heavy atom. The molecule has 0 aliphatic rings. The summed E-state index contributed by atoms with van der Waals surface area (Å²) in [5, 5.41) is 4.66. The molecular weight excluding hydrogens is 302 g/mol. The molecule has 0 atom stereocenters. The van der Waals surface area contributed by atoms with Crippen LogP contribution in [0.5, 0.6) is 0 Å². The fraction of sp³-hybridized carbons (Fsp3) is 0.250. The second-order valence-electron chi connectivity index (χ2n) is 5.91. The molecule has 2 heterocycles. The summed E-state index contributed by atoms with van der Waals surface area (Å²) in [5.41, 5.74) is 1.07. The summed E-state index contributed by atoms with van der Waals surface area (Å²) in [7, 11) is 0. The molecule has 0 saturated carbocycles. The normalized spacial score (nSPS) is 11.8. The van der Waals surface area contributed by atoms with E-state index in [0.29, 0.717) is 11.1 Å². The van der Waals surface area contributed by atoms with Crippen LogP contribution in [-0.2, 0) is 0 Å². The van der Waals surface area contributed by atoms with Crippen molar-refractivity contribution in [2.24, 2.45) is 0 Å². The summed E-state index contributed by atoms with van der Waals surface area (Å²) in [6, 6.07) is 12.3. The highest BCUT2D eigenvalue weighted by molar-refractivity contribution is 7.22. The van der Waals surface area contributed by atoms with Crippen LogP contribution in [0, 0.1) is 0 Å². The zero-order valence-corrected chi connectivity index (χ0v) is 13.7. The SMILES string of the molecule is CC(C)(C)Nc1nc(Cl)c2cc(-c3ccccc3)sc2n1. The van der Waals surface area contributed by atoms with Gasteiger partial charge in [-0.15, -0.1) is 11.3 Å². The molecule has 3 aromatic rings. The largest absolute Gasteiger partial charge is 0.350 e. The van der Waals surface area contributed by atoms with E-state index < -0.39 is 0 Å². The van der Waals surface area contributed by atoms with E-state index in [1.54, 1.807) is 11.3 Å². The maximum atomic E-state index is 6.31. The second-order valence-corrected chi connectivity index (χ2v) is 7.30. The van der Waals surface area contributed by atoms with E-state index in [2.05, 4.69) is 54.3 Å². The first-order valence-corrected chi connectivity index (χ1v) is 7.92. The molecule has 108 valence electrons. The van der Waals surface area contributed by atoms with E-state index in [1.165, 1.54) is 5.56 Å². The Morgan fingerprint density at radius 2 is 1.81 bits per heavy atom. The number of hydrogen-bond donors (Lipinski definition) is 1. The lowest BCUT2D eigenvalue weighted by Crippen LogP contribution is -2.27. The Labute approximate surface area is 133 Å². The van der Waals surface area contributed by atoms with Gasteiger partial charge in [-0.1, -0.05) is 41.9 Å². The number of hydrogen-bond acceptors (Lipinski definition) is 4. The van der Waals surface area contributed by atoms with Gasteiger partial charge in [0, 0.05) is 15.8 Å². The molecule has 0 bridgehead atoms. The minimum absolute atomic E-state index is 0.101. The average molecular weight is 318 g/mol. The van der Waals surface area contributed by atoms with Crippen molar-refractivity contribution in [1.82, 2.24) is 9.97 Å². The van der Waals surface area contributed by atoms with Gasteiger partial charge >= 0.3 is 0 Å². The molecular formula is C16H16ClN3S. The van der Waals surface area contributed by atoms with E-state index in [-0.39, 0.29) is 5.54 Å². The quantitative estimate of drug-likeness (QED) is 0.658. The molecule has 3 rings (SSSR count). The Bertz CT molecular complexity index is 775. The van der Waals surface area contributed by atoms with Gasteiger partial charge in [-0.05, 0) is 32.4 Å². The molecule has 0 radical (unpaired) electrons. The summed E-state index contributed by atoms with van der Waals surface area (Å²) >= 11 is 7.94. The third kappa shape index (κ3) is 3.17. The van der Waals surface area contributed by atoms with Crippen molar-refractivity contribution in [3.8, 4) is 10.4 Å². The first kappa shape index (κ1) is 14.3. The summed E-state index contributed by atoms with van der Waals surface area (Å²) < 4.78 is 0. The molecule has 1 N–H and O–H groups in total. The van der Waals surface area contributed by atoms with Gasteiger partial charge in [-0.25, -0.2) is 9.97 Å². The van der Waals surface area contributed by atoms with Crippen LogP contribution < -0.4 is 5.32 Å². The van der Waals surface area contributed by atoms with E-state index in [0.717, 1.165) is 15.1 Å². The standard InChI is InChI=1S/C16H16ClN3S/c1-16(2,3)20-15-18-13(17)11-9-12(21-14(11)19-15)10-7-5-4-6-8-10/h4-9H,1-3H3,(H,18,19,20). The number of nitrogens with one attached hydrogen (secondary N) is 1. The molecule has 5 heteroatoms. The Morgan fingerprint density at radius 1 is 1.10 bits per heavy atom. The van der Waals surface area contributed by atoms with E-state index in [1.807, 2.05) is 18.2 Å². The molecule has 2 aromatic heterocycles. The van der Waals surface area contributed by atoms with Crippen LogP contribution in [0.3, 0.4) is 0 Å². The van der Waals surface area contributed by atoms with E-state index in [4.69, 9.17) is 11.6 Å². The first-order valence-electron chi connectivity index (χ1n) is 6.73. The predicted molar refractivity (Wildman–Crippen MR) is 91.2 cm³/mol. The predicted octanol–water partition coefficient (Wildman–Crippen LogP) is 5.22. The van der Waals surface area contributed by atoms with Gasteiger partial charge in [-0.3, -0.25) is 0 Å². The van der Waals surface area contributed by atoms with Crippen molar-refractivity contribution in [1.29, 1.82) is 0 Å². The van der Waals surface area contributed by atoms with Gasteiger partial charge in [0.15, 0.2) is 0 Å². The summed E-state index contributed by atoms with van der Waals surface area (Å²) in [6.07, 6.45) is 0. The monoisotopic (exact) mass is 317 g/mol. The molecule has 0 aliphatic heterocycles. The Balaban J connectivity index is 2.07. The first-order chi connectivity index (χ1) is 9.92. The lowest BCUT2D eigenvalue weighted by Gasteiger charge is -2.20. The van der Waals surface area contributed by atoms with Crippen molar-refractivity contribution in [2.75, 3.05) is 5.32 Å². The highest BCUT2D eigenvalue weighted by atomic mass is 35.5. The van der Waals surface area contributed by atoms with Crippen LogP contribution in [-0.4, -0.2) is 15.5 Å².